The van der Waals surface area contributed by atoms with Crippen molar-refractivity contribution < 1.29 is 4.74 Å². The summed E-state index contributed by atoms with van der Waals surface area (Å²) in [6, 6.07) is 15.0. The molecule has 112 valence electrons. The molecule has 0 aliphatic heterocycles. The molecule has 1 atom stereocenters. The minimum atomic E-state index is 0.207. The summed E-state index contributed by atoms with van der Waals surface area (Å²) in [4.78, 5) is 0. The van der Waals surface area contributed by atoms with Crippen LogP contribution in [0.5, 0.6) is 5.75 Å². The van der Waals surface area contributed by atoms with Crippen LogP contribution in [0.4, 0.5) is 0 Å². The van der Waals surface area contributed by atoms with Crippen LogP contribution in [0.25, 0.3) is 0 Å². The number of methoxy groups -OCH3 is 1. The highest BCUT2D eigenvalue weighted by atomic mass is 16.5. The molecule has 0 amide bonds. The molecular formula is C18H24N2O. The van der Waals surface area contributed by atoms with Gasteiger partial charge < -0.3 is 4.74 Å². The molecule has 1 unspecified atom stereocenters. The Kier molecular flexibility index (Phi) is 5.37. The van der Waals surface area contributed by atoms with Crippen LogP contribution in [0.2, 0.25) is 0 Å². The first kappa shape index (κ1) is 15.5. The lowest BCUT2D eigenvalue weighted by molar-refractivity contribution is 0.413. The number of rotatable bonds is 6. The van der Waals surface area contributed by atoms with E-state index in [0.29, 0.717) is 0 Å². The zero-order chi connectivity index (χ0) is 15.2. The quantitative estimate of drug-likeness (QED) is 0.633. The molecule has 3 nitrogen and oxygen atoms in total. The predicted molar refractivity (Wildman–Crippen MR) is 87.4 cm³/mol. The molecule has 0 saturated heterocycles. The van der Waals surface area contributed by atoms with Gasteiger partial charge >= 0.3 is 0 Å². The van der Waals surface area contributed by atoms with Crippen molar-refractivity contribution in [2.45, 2.75) is 32.7 Å². The highest BCUT2D eigenvalue weighted by molar-refractivity contribution is 5.31. The van der Waals surface area contributed by atoms with Crippen molar-refractivity contribution in [2.24, 2.45) is 5.84 Å². The number of aryl methyl sites for hydroxylation is 2. The summed E-state index contributed by atoms with van der Waals surface area (Å²) in [7, 11) is 1.69. The molecule has 2 rings (SSSR count). The van der Waals surface area contributed by atoms with Crippen LogP contribution in [-0.2, 0) is 12.8 Å². The molecule has 3 heteroatoms. The molecule has 21 heavy (non-hydrogen) atoms. The van der Waals surface area contributed by atoms with Gasteiger partial charge in [0.25, 0.3) is 0 Å². The van der Waals surface area contributed by atoms with Crippen molar-refractivity contribution in [3.05, 3.63) is 64.7 Å². The third-order valence-electron chi connectivity index (χ3n) is 3.62. The molecule has 0 heterocycles. The molecule has 0 spiro atoms. The van der Waals surface area contributed by atoms with Gasteiger partial charge in [0.2, 0.25) is 0 Å². The number of ether oxygens (including phenoxy) is 1. The molecule has 2 aromatic carbocycles. The van der Waals surface area contributed by atoms with Crippen molar-refractivity contribution in [1.29, 1.82) is 0 Å². The maximum absolute atomic E-state index is 5.73. The van der Waals surface area contributed by atoms with Gasteiger partial charge in [-0.05, 0) is 49.9 Å². The Morgan fingerprint density at radius 2 is 1.67 bits per heavy atom. The van der Waals surface area contributed by atoms with Gasteiger partial charge in [-0.3, -0.25) is 11.3 Å². The number of hydrazine groups is 1. The second kappa shape index (κ2) is 7.25. The summed E-state index contributed by atoms with van der Waals surface area (Å²) < 4.78 is 5.27. The zero-order valence-corrected chi connectivity index (χ0v) is 13.0. The first-order valence-electron chi connectivity index (χ1n) is 7.27. The van der Waals surface area contributed by atoms with Crippen LogP contribution in [0.15, 0.2) is 42.5 Å². The monoisotopic (exact) mass is 284 g/mol. The van der Waals surface area contributed by atoms with Crippen molar-refractivity contribution >= 4 is 0 Å². The van der Waals surface area contributed by atoms with Crippen LogP contribution in [0.3, 0.4) is 0 Å². The summed E-state index contributed by atoms with van der Waals surface area (Å²) in [6.07, 6.45) is 1.79. The highest BCUT2D eigenvalue weighted by Gasteiger charge is 2.10. The zero-order valence-electron chi connectivity index (χ0n) is 13.0. The molecular weight excluding hydrogens is 260 g/mol. The van der Waals surface area contributed by atoms with Crippen molar-refractivity contribution in [1.82, 2.24) is 5.43 Å². The molecule has 0 aliphatic carbocycles. The summed E-state index contributed by atoms with van der Waals surface area (Å²) in [5.41, 5.74) is 8.06. The third kappa shape index (κ3) is 4.59. The lowest BCUT2D eigenvalue weighted by Crippen LogP contribution is -2.38. The molecule has 0 radical (unpaired) electrons. The molecule has 3 N–H and O–H groups in total. The van der Waals surface area contributed by atoms with Crippen LogP contribution in [0, 0.1) is 13.8 Å². The van der Waals surface area contributed by atoms with Gasteiger partial charge in [0.15, 0.2) is 0 Å². The van der Waals surface area contributed by atoms with Gasteiger partial charge in [0.05, 0.1) is 7.11 Å². The Labute approximate surface area is 127 Å². The number of nitrogens with one attached hydrogen (secondary N) is 1. The number of nitrogens with two attached hydrogens (primary N) is 1. The second-order valence-corrected chi connectivity index (χ2v) is 5.62. The summed E-state index contributed by atoms with van der Waals surface area (Å²) in [6.45, 7) is 4.26. The van der Waals surface area contributed by atoms with E-state index >= 15 is 0 Å². The Balaban J connectivity index is 2.08. The highest BCUT2D eigenvalue weighted by Crippen LogP contribution is 2.16. The standard InChI is InChI=1S/C18H24N2O/c1-13-7-14(2)9-16(8-13)11-17(20-19)10-15-5-4-6-18(12-15)21-3/h4-9,12,17,20H,10-11,19H2,1-3H3. The van der Waals surface area contributed by atoms with Gasteiger partial charge in [0, 0.05) is 6.04 Å². The van der Waals surface area contributed by atoms with Crippen LogP contribution in [-0.4, -0.2) is 13.2 Å². The van der Waals surface area contributed by atoms with E-state index in [1.807, 2.05) is 12.1 Å². The first-order valence-corrected chi connectivity index (χ1v) is 7.27. The van der Waals surface area contributed by atoms with E-state index in [-0.39, 0.29) is 6.04 Å². The van der Waals surface area contributed by atoms with Crippen molar-refractivity contribution in [3.63, 3.8) is 0 Å². The van der Waals surface area contributed by atoms with Crippen molar-refractivity contribution in [3.8, 4) is 5.75 Å². The van der Waals surface area contributed by atoms with E-state index in [9.17, 15) is 0 Å². The Bertz CT molecular complexity index is 575. The molecule has 0 aromatic heterocycles. The maximum atomic E-state index is 5.73. The van der Waals surface area contributed by atoms with Crippen LogP contribution >= 0.6 is 0 Å². The van der Waals surface area contributed by atoms with E-state index in [4.69, 9.17) is 10.6 Å². The summed E-state index contributed by atoms with van der Waals surface area (Å²) >= 11 is 0. The van der Waals surface area contributed by atoms with E-state index in [1.54, 1.807) is 7.11 Å². The molecule has 0 aliphatic rings. The van der Waals surface area contributed by atoms with Gasteiger partial charge in [-0.25, -0.2) is 0 Å². The van der Waals surface area contributed by atoms with Gasteiger partial charge in [-0.1, -0.05) is 41.5 Å². The molecule has 0 bridgehead atoms. The Morgan fingerprint density at radius 1 is 1.00 bits per heavy atom. The van der Waals surface area contributed by atoms with Gasteiger partial charge in [0.1, 0.15) is 5.75 Å². The van der Waals surface area contributed by atoms with E-state index in [0.717, 1.165) is 18.6 Å². The number of benzene rings is 2. The lowest BCUT2D eigenvalue weighted by Gasteiger charge is -2.17. The topological polar surface area (TPSA) is 47.3 Å². The molecule has 0 fully saturated rings. The Morgan fingerprint density at radius 3 is 2.29 bits per heavy atom. The fourth-order valence-corrected chi connectivity index (χ4v) is 2.75. The SMILES string of the molecule is COc1cccc(CC(Cc2cc(C)cc(C)c2)NN)c1. The van der Waals surface area contributed by atoms with Crippen LogP contribution in [0.1, 0.15) is 22.3 Å². The first-order chi connectivity index (χ1) is 10.1. The van der Waals surface area contributed by atoms with Gasteiger partial charge in [-0.15, -0.1) is 0 Å². The minimum Gasteiger partial charge on any atom is -0.497 e. The smallest absolute Gasteiger partial charge is 0.119 e. The Hall–Kier alpha value is -1.84. The fourth-order valence-electron chi connectivity index (χ4n) is 2.75. The third-order valence-corrected chi connectivity index (χ3v) is 3.62. The summed E-state index contributed by atoms with van der Waals surface area (Å²) in [5.74, 6) is 6.62. The van der Waals surface area contributed by atoms with E-state index in [2.05, 4.69) is 49.6 Å². The normalized spacial score (nSPS) is 12.2. The predicted octanol–water partition coefficient (Wildman–Crippen LogP) is 2.93. The average Bonchev–Trinajstić information content (AvgIpc) is 2.45. The van der Waals surface area contributed by atoms with E-state index in [1.165, 1.54) is 22.3 Å². The van der Waals surface area contributed by atoms with Crippen molar-refractivity contribution in [2.75, 3.05) is 7.11 Å². The maximum Gasteiger partial charge on any atom is 0.119 e. The number of hydrogen-bond acceptors (Lipinski definition) is 3. The fraction of sp³-hybridized carbons (Fsp3) is 0.333. The molecule has 0 saturated carbocycles. The van der Waals surface area contributed by atoms with Crippen LogP contribution < -0.4 is 16.0 Å². The number of hydrogen-bond donors (Lipinski definition) is 2. The molecule has 2 aromatic rings. The van der Waals surface area contributed by atoms with E-state index < -0.39 is 0 Å². The summed E-state index contributed by atoms with van der Waals surface area (Å²) in [5, 5.41) is 0. The largest absolute Gasteiger partial charge is 0.497 e. The average molecular weight is 284 g/mol. The lowest BCUT2D eigenvalue weighted by atomic mass is 9.97. The second-order valence-electron chi connectivity index (χ2n) is 5.62. The minimum absolute atomic E-state index is 0.207. The van der Waals surface area contributed by atoms with Gasteiger partial charge in [-0.2, -0.15) is 0 Å².